The maximum atomic E-state index is 5.94. The van der Waals surface area contributed by atoms with Crippen LogP contribution in [0.3, 0.4) is 0 Å². The molecule has 0 saturated carbocycles. The summed E-state index contributed by atoms with van der Waals surface area (Å²) in [6, 6.07) is 6.47. The molecule has 7 nitrogen and oxygen atoms in total. The van der Waals surface area contributed by atoms with Crippen molar-refractivity contribution in [3.63, 3.8) is 0 Å². The summed E-state index contributed by atoms with van der Waals surface area (Å²) in [6.45, 7) is 3.73. The average Bonchev–Trinajstić information content (AvgIpc) is 3.45. The number of guanidine groups is 1. The number of aromatic nitrogens is 1. The third-order valence-corrected chi connectivity index (χ3v) is 5.83. The van der Waals surface area contributed by atoms with Gasteiger partial charge < -0.3 is 29.8 Å². The van der Waals surface area contributed by atoms with Crippen molar-refractivity contribution in [3.05, 3.63) is 23.9 Å². The van der Waals surface area contributed by atoms with Crippen LogP contribution in [0, 0.1) is 0 Å². The third-order valence-electron chi connectivity index (χ3n) is 5.83. The second-order valence-electron chi connectivity index (χ2n) is 7.81. The number of benzene rings is 1. The monoisotopic (exact) mass is 400 g/mol. The van der Waals surface area contributed by atoms with Crippen LogP contribution in [0.15, 0.2) is 23.2 Å². The number of hydrogen-bond acceptors (Lipinski definition) is 4. The lowest BCUT2D eigenvalue weighted by Crippen LogP contribution is -2.47. The van der Waals surface area contributed by atoms with E-state index in [9.17, 15) is 0 Å². The number of ether oxygens (including phenoxy) is 3. The first-order valence-electron chi connectivity index (χ1n) is 10.6. The lowest BCUT2D eigenvalue weighted by molar-refractivity contribution is 0.0992. The van der Waals surface area contributed by atoms with Gasteiger partial charge in [0.05, 0.1) is 38.0 Å². The fourth-order valence-electron chi connectivity index (χ4n) is 4.40. The van der Waals surface area contributed by atoms with Crippen molar-refractivity contribution in [1.82, 2.24) is 15.6 Å². The highest BCUT2D eigenvalue weighted by molar-refractivity contribution is 5.88. The standard InChI is InChI=1S/C22H32N4O3/c1-4-23-22(26-19-11-15-7-8-20(19)29-15)24-9-5-6-14-10-17-18(25-14)12-16(27-2)13-21(17)28-3/h10,12-13,15,19-20,25H,4-9,11H2,1-3H3,(H2,23,24,26). The van der Waals surface area contributed by atoms with Gasteiger partial charge in [0.1, 0.15) is 11.5 Å². The van der Waals surface area contributed by atoms with Crippen molar-refractivity contribution >= 4 is 16.9 Å². The fourth-order valence-corrected chi connectivity index (χ4v) is 4.40. The molecule has 3 atom stereocenters. The number of hydrogen-bond donors (Lipinski definition) is 3. The molecular weight excluding hydrogens is 368 g/mol. The predicted octanol–water partition coefficient (Wildman–Crippen LogP) is 2.99. The highest BCUT2D eigenvalue weighted by Crippen LogP contribution is 2.34. The normalized spacial score (nSPS) is 23.6. The molecule has 158 valence electrons. The van der Waals surface area contributed by atoms with Crippen LogP contribution in [0.1, 0.15) is 38.3 Å². The zero-order valence-electron chi connectivity index (χ0n) is 17.6. The molecule has 0 aliphatic carbocycles. The van der Waals surface area contributed by atoms with Gasteiger partial charge in [0.2, 0.25) is 0 Å². The summed E-state index contributed by atoms with van der Waals surface area (Å²) in [7, 11) is 3.35. The van der Waals surface area contributed by atoms with Crippen LogP contribution in [0.4, 0.5) is 0 Å². The van der Waals surface area contributed by atoms with Crippen LogP contribution in [-0.2, 0) is 11.2 Å². The Labute approximate surface area is 172 Å². The van der Waals surface area contributed by atoms with Gasteiger partial charge in [0.25, 0.3) is 0 Å². The van der Waals surface area contributed by atoms with E-state index in [1.807, 2.05) is 12.1 Å². The number of fused-ring (bicyclic) bond motifs is 3. The number of methoxy groups -OCH3 is 2. The first kappa shape index (κ1) is 19.9. The molecule has 29 heavy (non-hydrogen) atoms. The number of aryl methyl sites for hydroxylation is 1. The Morgan fingerprint density at radius 2 is 2.14 bits per heavy atom. The summed E-state index contributed by atoms with van der Waals surface area (Å²) in [6.07, 6.45) is 6.15. The first-order chi connectivity index (χ1) is 14.2. The Morgan fingerprint density at radius 3 is 2.83 bits per heavy atom. The van der Waals surface area contributed by atoms with Gasteiger partial charge in [0, 0.05) is 36.3 Å². The molecule has 2 aliphatic heterocycles. The quantitative estimate of drug-likeness (QED) is 0.361. The van der Waals surface area contributed by atoms with Crippen molar-refractivity contribution < 1.29 is 14.2 Å². The highest BCUT2D eigenvalue weighted by Gasteiger charge is 2.41. The molecule has 7 heteroatoms. The van der Waals surface area contributed by atoms with E-state index in [4.69, 9.17) is 19.2 Å². The summed E-state index contributed by atoms with van der Waals surface area (Å²) < 4.78 is 16.8. The van der Waals surface area contributed by atoms with Crippen molar-refractivity contribution in [2.75, 3.05) is 27.3 Å². The van der Waals surface area contributed by atoms with Crippen LogP contribution in [0.25, 0.3) is 10.9 Å². The van der Waals surface area contributed by atoms with Crippen molar-refractivity contribution in [2.45, 2.75) is 57.3 Å². The van der Waals surface area contributed by atoms with Crippen molar-refractivity contribution in [2.24, 2.45) is 4.99 Å². The van der Waals surface area contributed by atoms with Gasteiger partial charge in [-0.2, -0.15) is 0 Å². The highest BCUT2D eigenvalue weighted by atomic mass is 16.5. The first-order valence-corrected chi connectivity index (χ1v) is 10.6. The zero-order valence-corrected chi connectivity index (χ0v) is 17.6. The van der Waals surface area contributed by atoms with Gasteiger partial charge in [0.15, 0.2) is 5.96 Å². The maximum Gasteiger partial charge on any atom is 0.191 e. The lowest BCUT2D eigenvalue weighted by Gasteiger charge is -2.22. The number of nitrogens with zero attached hydrogens (tertiary/aromatic N) is 1. The molecule has 2 fully saturated rings. The van der Waals surface area contributed by atoms with Gasteiger partial charge in [-0.05, 0) is 45.1 Å². The summed E-state index contributed by atoms with van der Waals surface area (Å²) in [5, 5.41) is 8.02. The molecule has 3 heterocycles. The van der Waals surface area contributed by atoms with Gasteiger partial charge in [-0.1, -0.05) is 0 Å². The van der Waals surface area contributed by atoms with E-state index in [0.29, 0.717) is 18.2 Å². The minimum atomic E-state index is 0.349. The van der Waals surface area contributed by atoms with E-state index < -0.39 is 0 Å². The van der Waals surface area contributed by atoms with E-state index in [-0.39, 0.29) is 0 Å². The Kier molecular flexibility index (Phi) is 6.13. The molecule has 2 aliphatic rings. The van der Waals surface area contributed by atoms with Crippen molar-refractivity contribution in [1.29, 1.82) is 0 Å². The SMILES string of the molecule is CCNC(=NCCCc1cc2c(OC)cc(OC)cc2[nH]1)NC1CC2CCC1O2. The molecule has 3 N–H and O–H groups in total. The molecule has 1 aromatic carbocycles. The zero-order chi connectivity index (χ0) is 20.2. The number of aliphatic imine (C=N–C) groups is 1. The summed E-state index contributed by atoms with van der Waals surface area (Å²) in [5.41, 5.74) is 2.22. The van der Waals surface area contributed by atoms with Crippen molar-refractivity contribution in [3.8, 4) is 11.5 Å². The molecule has 4 rings (SSSR count). The van der Waals surface area contributed by atoms with Gasteiger partial charge in [-0.15, -0.1) is 0 Å². The van der Waals surface area contributed by atoms with Crippen LogP contribution < -0.4 is 20.1 Å². The lowest BCUT2D eigenvalue weighted by atomic mass is 9.96. The Balaban J connectivity index is 1.34. The molecule has 0 amide bonds. The summed E-state index contributed by atoms with van der Waals surface area (Å²) in [4.78, 5) is 8.25. The van der Waals surface area contributed by atoms with Gasteiger partial charge in [-0.25, -0.2) is 0 Å². The van der Waals surface area contributed by atoms with Gasteiger partial charge in [-0.3, -0.25) is 4.99 Å². The van der Waals surface area contributed by atoms with Crippen LogP contribution in [0.2, 0.25) is 0 Å². The smallest absolute Gasteiger partial charge is 0.191 e. The second kappa shape index (κ2) is 8.95. The number of nitrogens with one attached hydrogen (secondary N) is 3. The molecular formula is C22H32N4O3. The van der Waals surface area contributed by atoms with E-state index >= 15 is 0 Å². The molecule has 2 saturated heterocycles. The fraction of sp³-hybridized carbons (Fsp3) is 0.591. The summed E-state index contributed by atoms with van der Waals surface area (Å²) >= 11 is 0. The molecule has 1 aromatic heterocycles. The van der Waals surface area contributed by atoms with E-state index in [2.05, 4.69) is 28.6 Å². The van der Waals surface area contributed by atoms with Crippen LogP contribution >= 0.6 is 0 Å². The molecule has 3 unspecified atom stereocenters. The average molecular weight is 401 g/mol. The molecule has 0 radical (unpaired) electrons. The van der Waals surface area contributed by atoms with Crippen LogP contribution in [0.5, 0.6) is 11.5 Å². The van der Waals surface area contributed by atoms with E-state index in [0.717, 1.165) is 67.1 Å². The Morgan fingerprint density at radius 1 is 1.24 bits per heavy atom. The summed E-state index contributed by atoms with van der Waals surface area (Å²) in [5.74, 6) is 2.52. The number of aromatic amines is 1. The largest absolute Gasteiger partial charge is 0.497 e. The Hall–Kier alpha value is -2.41. The minimum Gasteiger partial charge on any atom is -0.497 e. The topological polar surface area (TPSA) is 79.9 Å². The maximum absolute atomic E-state index is 5.94. The number of rotatable bonds is 8. The predicted molar refractivity (Wildman–Crippen MR) is 115 cm³/mol. The second-order valence-corrected chi connectivity index (χ2v) is 7.81. The molecule has 2 bridgehead atoms. The third kappa shape index (κ3) is 4.45. The van der Waals surface area contributed by atoms with E-state index in [1.165, 1.54) is 12.1 Å². The molecule has 2 aromatic rings. The minimum absolute atomic E-state index is 0.349. The van der Waals surface area contributed by atoms with Gasteiger partial charge >= 0.3 is 0 Å². The van der Waals surface area contributed by atoms with E-state index in [1.54, 1.807) is 14.2 Å². The molecule has 0 spiro atoms. The Bertz CT molecular complexity index is 863. The van der Waals surface area contributed by atoms with Crippen LogP contribution in [-0.4, -0.2) is 56.5 Å². The number of H-pyrrole nitrogens is 1.